The second-order valence-corrected chi connectivity index (χ2v) is 4.71. The van der Waals surface area contributed by atoms with Crippen LogP contribution >= 0.6 is 0 Å². The Morgan fingerprint density at radius 1 is 1.00 bits per heavy atom. The Kier molecular flexibility index (Phi) is 2.86. The molecule has 0 fully saturated rings. The Bertz CT molecular complexity index is 461. The van der Waals surface area contributed by atoms with Crippen LogP contribution in [0, 0.1) is 0 Å². The summed E-state index contributed by atoms with van der Waals surface area (Å²) in [4.78, 5) is 4.29. The summed E-state index contributed by atoms with van der Waals surface area (Å²) in [6.07, 6.45) is 3.68. The molecule has 0 atom stereocenters. The van der Waals surface area contributed by atoms with Crippen LogP contribution in [0.3, 0.4) is 0 Å². The molecule has 0 aliphatic carbocycles. The van der Waals surface area contributed by atoms with Gasteiger partial charge in [-0.2, -0.15) is 5.10 Å². The Labute approximate surface area is 95.9 Å². The molecular formula is C13H17N3. The van der Waals surface area contributed by atoms with Crippen molar-refractivity contribution < 1.29 is 0 Å². The summed E-state index contributed by atoms with van der Waals surface area (Å²) in [5.41, 5.74) is 3.31. The molecule has 0 aromatic carbocycles. The predicted molar refractivity (Wildman–Crippen MR) is 65.5 cm³/mol. The van der Waals surface area contributed by atoms with Crippen LogP contribution in [-0.4, -0.2) is 15.2 Å². The number of hydrogen-bond acceptors (Lipinski definition) is 3. The SMILES string of the molecule is CC(C)c1ccnc2nncc(C(C)C)c12. The second kappa shape index (κ2) is 4.16. The van der Waals surface area contributed by atoms with E-state index in [1.807, 2.05) is 12.4 Å². The number of nitrogens with zero attached hydrogens (tertiary/aromatic N) is 3. The standard InChI is InChI=1S/C13H17N3/c1-8(2)10-5-6-14-13-12(10)11(9(3)4)7-15-16-13/h5-9H,1-4H3. The summed E-state index contributed by atoms with van der Waals surface area (Å²) in [5.74, 6) is 0.923. The molecular weight excluding hydrogens is 198 g/mol. The van der Waals surface area contributed by atoms with Crippen LogP contribution in [0.15, 0.2) is 18.5 Å². The Hall–Kier alpha value is -1.51. The molecule has 0 aliphatic heterocycles. The largest absolute Gasteiger partial charge is 0.235 e. The molecule has 0 spiro atoms. The second-order valence-electron chi connectivity index (χ2n) is 4.71. The van der Waals surface area contributed by atoms with Crippen molar-refractivity contribution in [2.75, 3.05) is 0 Å². The first-order chi connectivity index (χ1) is 7.61. The maximum absolute atomic E-state index is 4.29. The van der Waals surface area contributed by atoms with Crippen molar-refractivity contribution in [1.82, 2.24) is 15.2 Å². The summed E-state index contributed by atoms with van der Waals surface area (Å²) >= 11 is 0. The lowest BCUT2D eigenvalue weighted by atomic mass is 9.94. The fourth-order valence-corrected chi connectivity index (χ4v) is 1.97. The van der Waals surface area contributed by atoms with E-state index in [0.717, 1.165) is 5.65 Å². The molecule has 0 radical (unpaired) electrons. The zero-order valence-corrected chi connectivity index (χ0v) is 10.2. The van der Waals surface area contributed by atoms with Crippen LogP contribution in [0.2, 0.25) is 0 Å². The molecule has 2 aromatic rings. The van der Waals surface area contributed by atoms with Gasteiger partial charge in [0.15, 0.2) is 5.65 Å². The first-order valence-electron chi connectivity index (χ1n) is 5.71. The van der Waals surface area contributed by atoms with Crippen molar-refractivity contribution in [2.24, 2.45) is 0 Å². The highest BCUT2D eigenvalue weighted by atomic mass is 15.1. The first kappa shape index (κ1) is 11.0. The van der Waals surface area contributed by atoms with Gasteiger partial charge in [0.05, 0.1) is 6.20 Å². The topological polar surface area (TPSA) is 38.7 Å². The lowest BCUT2D eigenvalue weighted by Crippen LogP contribution is -2.00. The molecule has 3 nitrogen and oxygen atoms in total. The lowest BCUT2D eigenvalue weighted by Gasteiger charge is -2.14. The summed E-state index contributed by atoms with van der Waals surface area (Å²) in [6, 6.07) is 2.08. The lowest BCUT2D eigenvalue weighted by molar-refractivity contribution is 0.836. The minimum absolute atomic E-state index is 0.444. The zero-order chi connectivity index (χ0) is 11.7. The number of fused-ring (bicyclic) bond motifs is 1. The van der Waals surface area contributed by atoms with Crippen LogP contribution in [-0.2, 0) is 0 Å². The number of rotatable bonds is 2. The van der Waals surface area contributed by atoms with Crippen molar-refractivity contribution in [3.63, 3.8) is 0 Å². The monoisotopic (exact) mass is 215 g/mol. The highest BCUT2D eigenvalue weighted by Crippen LogP contribution is 2.29. The van der Waals surface area contributed by atoms with Gasteiger partial charge in [0, 0.05) is 11.6 Å². The van der Waals surface area contributed by atoms with E-state index in [-0.39, 0.29) is 0 Å². The quantitative estimate of drug-likeness (QED) is 0.771. The van der Waals surface area contributed by atoms with Gasteiger partial charge in [-0.15, -0.1) is 5.10 Å². The average Bonchev–Trinajstić information content (AvgIpc) is 2.27. The van der Waals surface area contributed by atoms with Gasteiger partial charge in [-0.3, -0.25) is 0 Å². The molecule has 2 rings (SSSR count). The van der Waals surface area contributed by atoms with E-state index in [1.165, 1.54) is 16.5 Å². The van der Waals surface area contributed by atoms with Crippen molar-refractivity contribution in [3.05, 3.63) is 29.6 Å². The summed E-state index contributed by atoms with van der Waals surface area (Å²) in [6.45, 7) is 8.74. The number of hydrogen-bond donors (Lipinski definition) is 0. The van der Waals surface area contributed by atoms with Gasteiger partial charge in [-0.05, 0) is 29.0 Å². The summed E-state index contributed by atoms with van der Waals surface area (Å²) in [5, 5.41) is 9.31. The fraction of sp³-hybridized carbons (Fsp3) is 0.462. The molecule has 0 N–H and O–H groups in total. The maximum atomic E-state index is 4.29. The first-order valence-corrected chi connectivity index (χ1v) is 5.71. The highest BCUT2D eigenvalue weighted by molar-refractivity contribution is 5.82. The third-order valence-corrected chi connectivity index (χ3v) is 2.85. The predicted octanol–water partition coefficient (Wildman–Crippen LogP) is 3.27. The Morgan fingerprint density at radius 2 is 1.69 bits per heavy atom. The Balaban J connectivity index is 2.82. The maximum Gasteiger partial charge on any atom is 0.182 e. The molecule has 3 heteroatoms. The molecule has 0 saturated carbocycles. The van der Waals surface area contributed by atoms with Gasteiger partial charge >= 0.3 is 0 Å². The third kappa shape index (κ3) is 1.77. The molecule has 2 aromatic heterocycles. The molecule has 0 amide bonds. The van der Waals surface area contributed by atoms with Crippen molar-refractivity contribution >= 4 is 11.0 Å². The highest BCUT2D eigenvalue weighted by Gasteiger charge is 2.13. The molecule has 0 bridgehead atoms. The third-order valence-electron chi connectivity index (χ3n) is 2.85. The number of pyridine rings is 1. The van der Waals surface area contributed by atoms with Crippen molar-refractivity contribution in [3.8, 4) is 0 Å². The zero-order valence-electron chi connectivity index (χ0n) is 10.2. The van der Waals surface area contributed by atoms with Crippen LogP contribution in [0.1, 0.15) is 50.7 Å². The van der Waals surface area contributed by atoms with Crippen molar-refractivity contribution in [2.45, 2.75) is 39.5 Å². The van der Waals surface area contributed by atoms with E-state index in [0.29, 0.717) is 11.8 Å². The molecule has 2 heterocycles. The summed E-state index contributed by atoms with van der Waals surface area (Å²) in [7, 11) is 0. The normalized spacial score (nSPS) is 11.6. The van der Waals surface area contributed by atoms with Crippen LogP contribution < -0.4 is 0 Å². The van der Waals surface area contributed by atoms with E-state index >= 15 is 0 Å². The molecule has 84 valence electrons. The van der Waals surface area contributed by atoms with E-state index in [2.05, 4.69) is 48.9 Å². The smallest absolute Gasteiger partial charge is 0.182 e. The molecule has 16 heavy (non-hydrogen) atoms. The van der Waals surface area contributed by atoms with Crippen LogP contribution in [0.5, 0.6) is 0 Å². The van der Waals surface area contributed by atoms with E-state index in [4.69, 9.17) is 0 Å². The van der Waals surface area contributed by atoms with Gasteiger partial charge in [0.25, 0.3) is 0 Å². The minimum atomic E-state index is 0.444. The van der Waals surface area contributed by atoms with E-state index in [1.54, 1.807) is 0 Å². The molecule has 0 aliphatic rings. The van der Waals surface area contributed by atoms with Gasteiger partial charge < -0.3 is 0 Å². The van der Waals surface area contributed by atoms with Crippen LogP contribution in [0.4, 0.5) is 0 Å². The Morgan fingerprint density at radius 3 is 2.31 bits per heavy atom. The van der Waals surface area contributed by atoms with Gasteiger partial charge in [0.2, 0.25) is 0 Å². The minimum Gasteiger partial charge on any atom is -0.235 e. The average molecular weight is 215 g/mol. The van der Waals surface area contributed by atoms with Crippen molar-refractivity contribution in [1.29, 1.82) is 0 Å². The number of aromatic nitrogens is 3. The van der Waals surface area contributed by atoms with Gasteiger partial charge in [-0.25, -0.2) is 4.98 Å². The van der Waals surface area contributed by atoms with Crippen LogP contribution in [0.25, 0.3) is 11.0 Å². The molecule has 0 saturated heterocycles. The fourth-order valence-electron chi connectivity index (χ4n) is 1.97. The molecule has 0 unspecified atom stereocenters. The van der Waals surface area contributed by atoms with Gasteiger partial charge in [-0.1, -0.05) is 27.7 Å². The van der Waals surface area contributed by atoms with Gasteiger partial charge in [0.1, 0.15) is 0 Å². The summed E-state index contributed by atoms with van der Waals surface area (Å²) < 4.78 is 0. The van der Waals surface area contributed by atoms with E-state index in [9.17, 15) is 0 Å². The van der Waals surface area contributed by atoms with E-state index < -0.39 is 0 Å².